The number of amidine groups is 1. The topological polar surface area (TPSA) is 65.5 Å². The van der Waals surface area contributed by atoms with Crippen molar-refractivity contribution in [3.8, 4) is 11.8 Å². The SMILES string of the molecule is CNCc1ccc(C#Cc2ccc(C3=NCC(C(=O)NC)N3)cc2)cc1. The Morgan fingerprint density at radius 1 is 1.08 bits per heavy atom. The molecule has 3 N–H and O–H groups in total. The molecule has 1 amide bonds. The number of hydrogen-bond acceptors (Lipinski definition) is 4. The summed E-state index contributed by atoms with van der Waals surface area (Å²) in [6.07, 6.45) is 0. The zero-order valence-corrected chi connectivity index (χ0v) is 15.0. The lowest BCUT2D eigenvalue weighted by molar-refractivity contribution is -0.121. The van der Waals surface area contributed by atoms with Gasteiger partial charge in [-0.15, -0.1) is 0 Å². The van der Waals surface area contributed by atoms with Crippen LogP contribution in [0.3, 0.4) is 0 Å². The number of hydrogen-bond donors (Lipinski definition) is 3. The highest BCUT2D eigenvalue weighted by Crippen LogP contribution is 2.09. The van der Waals surface area contributed by atoms with Crippen LogP contribution >= 0.6 is 0 Å². The first kappa shape index (κ1) is 17.7. The van der Waals surface area contributed by atoms with E-state index in [1.54, 1.807) is 7.05 Å². The van der Waals surface area contributed by atoms with E-state index in [-0.39, 0.29) is 11.9 Å². The predicted octanol–water partition coefficient (Wildman–Crippen LogP) is 1.27. The molecule has 1 unspecified atom stereocenters. The molecule has 0 saturated heterocycles. The number of amides is 1. The maximum atomic E-state index is 11.7. The average Bonchev–Trinajstić information content (AvgIpc) is 3.18. The van der Waals surface area contributed by atoms with Gasteiger partial charge in [-0.1, -0.05) is 36.1 Å². The molecule has 1 heterocycles. The van der Waals surface area contributed by atoms with Crippen LogP contribution in [0.2, 0.25) is 0 Å². The van der Waals surface area contributed by atoms with Crippen molar-refractivity contribution in [1.29, 1.82) is 0 Å². The van der Waals surface area contributed by atoms with Crippen LogP contribution < -0.4 is 16.0 Å². The minimum atomic E-state index is -0.291. The number of rotatable bonds is 4. The van der Waals surface area contributed by atoms with Crippen molar-refractivity contribution < 1.29 is 4.79 Å². The van der Waals surface area contributed by atoms with Gasteiger partial charge in [0, 0.05) is 30.3 Å². The van der Waals surface area contributed by atoms with Crippen molar-refractivity contribution in [3.63, 3.8) is 0 Å². The standard InChI is InChI=1S/C21H22N4O/c1-22-13-17-7-5-15(6-8-17)3-4-16-9-11-18(12-10-16)20-24-14-19(25-20)21(26)23-2/h5-12,19,22H,13-14H2,1-2H3,(H,23,26)(H,24,25). The molecule has 26 heavy (non-hydrogen) atoms. The summed E-state index contributed by atoms with van der Waals surface area (Å²) in [7, 11) is 3.56. The van der Waals surface area contributed by atoms with E-state index in [9.17, 15) is 4.79 Å². The molecule has 132 valence electrons. The lowest BCUT2D eigenvalue weighted by Gasteiger charge is -2.09. The van der Waals surface area contributed by atoms with E-state index in [1.165, 1.54) is 5.56 Å². The first-order valence-corrected chi connectivity index (χ1v) is 8.58. The van der Waals surface area contributed by atoms with Crippen LogP contribution in [0.15, 0.2) is 53.5 Å². The molecule has 3 rings (SSSR count). The molecule has 2 aromatic carbocycles. The molecule has 0 saturated carbocycles. The zero-order valence-electron chi connectivity index (χ0n) is 15.0. The van der Waals surface area contributed by atoms with Crippen LogP contribution in [0, 0.1) is 11.8 Å². The lowest BCUT2D eigenvalue weighted by atomic mass is 10.1. The Balaban J connectivity index is 1.65. The fourth-order valence-corrected chi connectivity index (χ4v) is 2.70. The van der Waals surface area contributed by atoms with Gasteiger partial charge >= 0.3 is 0 Å². The summed E-state index contributed by atoms with van der Waals surface area (Å²) in [6.45, 7) is 1.31. The van der Waals surface area contributed by atoms with Gasteiger partial charge in [-0.25, -0.2) is 0 Å². The number of carbonyl (C=O) groups excluding carboxylic acids is 1. The fourth-order valence-electron chi connectivity index (χ4n) is 2.70. The third-order valence-corrected chi connectivity index (χ3v) is 4.15. The molecule has 0 fully saturated rings. The van der Waals surface area contributed by atoms with Gasteiger partial charge < -0.3 is 16.0 Å². The summed E-state index contributed by atoms with van der Waals surface area (Å²) in [5.41, 5.74) is 4.12. The summed E-state index contributed by atoms with van der Waals surface area (Å²) in [6, 6.07) is 15.8. The minimum Gasteiger partial charge on any atom is -0.357 e. The highest BCUT2D eigenvalue weighted by atomic mass is 16.2. The Bertz CT molecular complexity index is 858. The second-order valence-electron chi connectivity index (χ2n) is 6.06. The van der Waals surface area contributed by atoms with Crippen molar-refractivity contribution in [2.75, 3.05) is 20.6 Å². The summed E-state index contributed by atoms with van der Waals surface area (Å²) in [4.78, 5) is 16.1. The van der Waals surface area contributed by atoms with Gasteiger partial charge in [0.1, 0.15) is 11.9 Å². The quantitative estimate of drug-likeness (QED) is 0.731. The number of carbonyl (C=O) groups is 1. The normalized spacial score (nSPS) is 15.5. The molecule has 0 radical (unpaired) electrons. The Hall–Kier alpha value is -3.10. The molecule has 1 aliphatic heterocycles. The predicted molar refractivity (Wildman–Crippen MR) is 104 cm³/mol. The van der Waals surface area contributed by atoms with Crippen LogP contribution in [0.25, 0.3) is 0 Å². The van der Waals surface area contributed by atoms with Crippen molar-refractivity contribution in [2.45, 2.75) is 12.6 Å². The number of nitrogens with zero attached hydrogens (tertiary/aromatic N) is 1. The Labute approximate surface area is 153 Å². The van der Waals surface area contributed by atoms with Gasteiger partial charge in [0.25, 0.3) is 0 Å². The van der Waals surface area contributed by atoms with Crippen LogP contribution in [-0.2, 0) is 11.3 Å². The molecular formula is C21H22N4O. The van der Waals surface area contributed by atoms with Crippen LogP contribution in [0.1, 0.15) is 22.3 Å². The number of likely N-dealkylation sites (N-methyl/N-ethyl adjacent to an activating group) is 1. The Kier molecular flexibility index (Phi) is 5.67. The van der Waals surface area contributed by atoms with Gasteiger partial charge in [-0.05, 0) is 36.9 Å². The van der Waals surface area contributed by atoms with E-state index < -0.39 is 0 Å². The van der Waals surface area contributed by atoms with Crippen molar-refractivity contribution in [2.24, 2.45) is 4.99 Å². The molecular weight excluding hydrogens is 324 g/mol. The van der Waals surface area contributed by atoms with Gasteiger partial charge in [0.2, 0.25) is 5.91 Å². The summed E-state index contributed by atoms with van der Waals surface area (Å²) >= 11 is 0. The fraction of sp³-hybridized carbons (Fsp3) is 0.238. The number of aliphatic imine (C=N–C) groups is 1. The van der Waals surface area contributed by atoms with Crippen molar-refractivity contribution in [3.05, 3.63) is 70.8 Å². The maximum absolute atomic E-state index is 11.7. The van der Waals surface area contributed by atoms with Crippen molar-refractivity contribution in [1.82, 2.24) is 16.0 Å². The molecule has 0 spiro atoms. The Morgan fingerprint density at radius 3 is 2.27 bits per heavy atom. The van der Waals surface area contributed by atoms with E-state index in [4.69, 9.17) is 0 Å². The number of benzene rings is 2. The smallest absolute Gasteiger partial charge is 0.244 e. The third-order valence-electron chi connectivity index (χ3n) is 4.15. The van der Waals surface area contributed by atoms with Gasteiger partial charge in [0.15, 0.2) is 0 Å². The molecule has 0 aromatic heterocycles. The average molecular weight is 346 g/mol. The zero-order chi connectivity index (χ0) is 18.4. The molecule has 2 aromatic rings. The highest BCUT2D eigenvalue weighted by molar-refractivity contribution is 6.03. The second kappa shape index (κ2) is 8.32. The minimum absolute atomic E-state index is 0.0491. The van der Waals surface area contributed by atoms with Crippen LogP contribution in [-0.4, -0.2) is 38.4 Å². The summed E-state index contributed by atoms with van der Waals surface area (Å²) < 4.78 is 0. The monoisotopic (exact) mass is 346 g/mol. The van der Waals surface area contributed by atoms with E-state index in [2.05, 4.69) is 44.9 Å². The second-order valence-corrected chi connectivity index (χ2v) is 6.06. The molecule has 5 heteroatoms. The maximum Gasteiger partial charge on any atom is 0.244 e. The Morgan fingerprint density at radius 2 is 1.69 bits per heavy atom. The van der Waals surface area contributed by atoms with E-state index >= 15 is 0 Å². The molecule has 5 nitrogen and oxygen atoms in total. The van der Waals surface area contributed by atoms with E-state index in [1.807, 2.05) is 43.4 Å². The van der Waals surface area contributed by atoms with E-state index in [0.29, 0.717) is 6.54 Å². The molecule has 1 aliphatic rings. The summed E-state index contributed by atoms with van der Waals surface area (Å²) in [5.74, 6) is 7.06. The first-order chi connectivity index (χ1) is 12.7. The third kappa shape index (κ3) is 4.29. The molecule has 0 aliphatic carbocycles. The first-order valence-electron chi connectivity index (χ1n) is 8.58. The molecule has 0 bridgehead atoms. The number of nitrogens with one attached hydrogen (secondary N) is 3. The highest BCUT2D eigenvalue weighted by Gasteiger charge is 2.23. The van der Waals surface area contributed by atoms with E-state index in [0.717, 1.165) is 29.1 Å². The lowest BCUT2D eigenvalue weighted by Crippen LogP contribution is -2.43. The van der Waals surface area contributed by atoms with Crippen molar-refractivity contribution >= 4 is 11.7 Å². The van der Waals surface area contributed by atoms with Gasteiger partial charge in [0.05, 0.1) is 6.54 Å². The van der Waals surface area contributed by atoms with Crippen LogP contribution in [0.5, 0.6) is 0 Å². The van der Waals surface area contributed by atoms with Gasteiger partial charge in [-0.2, -0.15) is 0 Å². The summed E-state index contributed by atoms with van der Waals surface area (Å²) in [5, 5.41) is 8.91. The van der Waals surface area contributed by atoms with Crippen LogP contribution in [0.4, 0.5) is 0 Å². The molecule has 1 atom stereocenters. The largest absolute Gasteiger partial charge is 0.357 e. The van der Waals surface area contributed by atoms with Gasteiger partial charge in [-0.3, -0.25) is 9.79 Å².